The van der Waals surface area contributed by atoms with E-state index >= 15 is 0 Å². The summed E-state index contributed by atoms with van der Waals surface area (Å²) in [7, 11) is 5.67. The van der Waals surface area contributed by atoms with Crippen LogP contribution in [0.5, 0.6) is 0 Å². The van der Waals surface area contributed by atoms with E-state index in [1.165, 1.54) is 0 Å². The number of rotatable bonds is 12. The van der Waals surface area contributed by atoms with Crippen molar-refractivity contribution in [2.45, 2.75) is 19.9 Å². The maximum absolute atomic E-state index is 12.4. The molecule has 2 N–H and O–H groups in total. The molecule has 0 aliphatic carbocycles. The fourth-order valence-corrected chi connectivity index (χ4v) is 3.45. The summed E-state index contributed by atoms with van der Waals surface area (Å²) in [5, 5.41) is 6.36. The standard InChI is InChI=1S/C23H39N5O3.HI/c1-5-24-23(28-11-9-20(17-28)18-31-14-13-30-4)26-16-19-7-6-8-21(15-19)22(29)25-10-12-27(2)3;/h6-8,15,20H,5,9-14,16-18H2,1-4H3,(H,24,26)(H,25,29);1H. The number of benzene rings is 1. The van der Waals surface area contributed by atoms with Crippen LogP contribution in [-0.4, -0.2) is 95.4 Å². The Morgan fingerprint density at radius 3 is 2.81 bits per heavy atom. The lowest BCUT2D eigenvalue weighted by molar-refractivity contribution is 0.0536. The van der Waals surface area contributed by atoms with E-state index in [9.17, 15) is 4.79 Å². The van der Waals surface area contributed by atoms with E-state index in [2.05, 4.69) is 22.5 Å². The van der Waals surface area contributed by atoms with Crippen LogP contribution < -0.4 is 10.6 Å². The highest BCUT2D eigenvalue weighted by atomic mass is 127. The Morgan fingerprint density at radius 1 is 1.28 bits per heavy atom. The molecule has 2 rings (SSSR count). The molecule has 0 radical (unpaired) electrons. The van der Waals surface area contributed by atoms with E-state index in [1.54, 1.807) is 7.11 Å². The zero-order valence-corrected chi connectivity index (χ0v) is 22.3. The fraction of sp³-hybridized carbons (Fsp3) is 0.652. The summed E-state index contributed by atoms with van der Waals surface area (Å²) in [5.41, 5.74) is 1.69. The molecule has 1 heterocycles. The number of carbonyl (C=O) groups excluding carboxylic acids is 1. The van der Waals surface area contributed by atoms with Gasteiger partial charge in [-0.2, -0.15) is 0 Å². The van der Waals surface area contributed by atoms with Crippen molar-refractivity contribution in [2.24, 2.45) is 10.9 Å². The van der Waals surface area contributed by atoms with Gasteiger partial charge in [-0.3, -0.25) is 4.79 Å². The Bertz CT molecular complexity index is 702. The predicted molar refractivity (Wildman–Crippen MR) is 140 cm³/mol. The van der Waals surface area contributed by atoms with Crippen LogP contribution >= 0.6 is 24.0 Å². The molecule has 0 aromatic heterocycles. The molecule has 1 fully saturated rings. The van der Waals surface area contributed by atoms with Crippen molar-refractivity contribution in [1.82, 2.24) is 20.4 Å². The minimum absolute atomic E-state index is 0. The lowest BCUT2D eigenvalue weighted by atomic mass is 10.1. The second-order valence-corrected chi connectivity index (χ2v) is 8.10. The van der Waals surface area contributed by atoms with Crippen molar-refractivity contribution >= 4 is 35.8 Å². The Morgan fingerprint density at radius 2 is 2.09 bits per heavy atom. The number of halogens is 1. The van der Waals surface area contributed by atoms with Gasteiger partial charge in [-0.15, -0.1) is 24.0 Å². The lowest BCUT2D eigenvalue weighted by Gasteiger charge is -2.21. The van der Waals surface area contributed by atoms with Crippen molar-refractivity contribution in [3.05, 3.63) is 35.4 Å². The molecule has 0 saturated carbocycles. The largest absolute Gasteiger partial charge is 0.382 e. The Balaban J connectivity index is 0.00000512. The molecule has 1 saturated heterocycles. The number of methoxy groups -OCH3 is 1. The number of hydrogen-bond donors (Lipinski definition) is 2. The van der Waals surface area contributed by atoms with E-state index in [4.69, 9.17) is 14.5 Å². The average Bonchev–Trinajstić information content (AvgIpc) is 3.23. The van der Waals surface area contributed by atoms with Crippen LogP contribution in [0.4, 0.5) is 0 Å². The number of likely N-dealkylation sites (N-methyl/N-ethyl adjacent to an activating group) is 1. The molecular weight excluding hydrogens is 521 g/mol. The molecule has 1 unspecified atom stereocenters. The molecule has 9 heteroatoms. The van der Waals surface area contributed by atoms with Crippen LogP contribution in [0.2, 0.25) is 0 Å². The molecule has 182 valence electrons. The van der Waals surface area contributed by atoms with Gasteiger partial charge in [0.2, 0.25) is 0 Å². The zero-order valence-electron chi connectivity index (χ0n) is 19.9. The third kappa shape index (κ3) is 10.5. The van der Waals surface area contributed by atoms with Crippen molar-refractivity contribution < 1.29 is 14.3 Å². The number of nitrogens with one attached hydrogen (secondary N) is 2. The van der Waals surface area contributed by atoms with Crippen molar-refractivity contribution in [2.75, 3.05) is 73.7 Å². The fourth-order valence-electron chi connectivity index (χ4n) is 3.45. The minimum Gasteiger partial charge on any atom is -0.382 e. The average molecular weight is 562 g/mol. The van der Waals surface area contributed by atoms with Gasteiger partial charge in [0.05, 0.1) is 26.4 Å². The quantitative estimate of drug-likeness (QED) is 0.176. The number of ether oxygens (including phenoxy) is 2. The Labute approximate surface area is 210 Å². The van der Waals surface area contributed by atoms with Gasteiger partial charge in [-0.1, -0.05) is 12.1 Å². The summed E-state index contributed by atoms with van der Waals surface area (Å²) in [4.78, 5) is 21.6. The first-order chi connectivity index (χ1) is 15.0. The molecule has 1 aromatic carbocycles. The molecule has 0 spiro atoms. The Kier molecular flexibility index (Phi) is 14.5. The third-order valence-corrected chi connectivity index (χ3v) is 5.15. The smallest absolute Gasteiger partial charge is 0.251 e. The number of guanidine groups is 1. The zero-order chi connectivity index (χ0) is 22.5. The number of carbonyl (C=O) groups is 1. The van der Waals surface area contributed by atoms with Gasteiger partial charge in [0, 0.05) is 51.3 Å². The highest BCUT2D eigenvalue weighted by molar-refractivity contribution is 14.0. The number of likely N-dealkylation sites (tertiary alicyclic amines) is 1. The van der Waals surface area contributed by atoms with Gasteiger partial charge < -0.3 is 29.9 Å². The molecule has 8 nitrogen and oxygen atoms in total. The van der Waals surface area contributed by atoms with Crippen LogP contribution in [0.15, 0.2) is 29.3 Å². The van der Waals surface area contributed by atoms with Crippen molar-refractivity contribution in [3.63, 3.8) is 0 Å². The first-order valence-corrected chi connectivity index (χ1v) is 11.1. The molecule has 1 aromatic rings. The van der Waals surface area contributed by atoms with Crippen molar-refractivity contribution in [1.29, 1.82) is 0 Å². The van der Waals surface area contributed by atoms with E-state index < -0.39 is 0 Å². The van der Waals surface area contributed by atoms with E-state index in [-0.39, 0.29) is 29.9 Å². The normalized spacial score (nSPS) is 16.2. The highest BCUT2D eigenvalue weighted by Crippen LogP contribution is 2.17. The molecular formula is C23H40IN5O3. The molecule has 1 amide bonds. The predicted octanol–water partition coefficient (Wildman–Crippen LogP) is 2.05. The van der Waals surface area contributed by atoms with Gasteiger partial charge in [0.15, 0.2) is 5.96 Å². The third-order valence-electron chi connectivity index (χ3n) is 5.15. The highest BCUT2D eigenvalue weighted by Gasteiger charge is 2.25. The first-order valence-electron chi connectivity index (χ1n) is 11.1. The second kappa shape index (κ2) is 16.2. The maximum atomic E-state index is 12.4. The first kappa shape index (κ1) is 28.6. The van der Waals surface area contributed by atoms with Crippen LogP contribution in [0.3, 0.4) is 0 Å². The molecule has 0 bridgehead atoms. The monoisotopic (exact) mass is 561 g/mol. The maximum Gasteiger partial charge on any atom is 0.251 e. The van der Waals surface area contributed by atoms with Gasteiger partial charge in [-0.25, -0.2) is 4.99 Å². The summed E-state index contributed by atoms with van der Waals surface area (Å²) < 4.78 is 10.7. The summed E-state index contributed by atoms with van der Waals surface area (Å²) in [6.45, 7) is 8.81. The summed E-state index contributed by atoms with van der Waals surface area (Å²) >= 11 is 0. The molecule has 1 aliphatic heterocycles. The van der Waals surface area contributed by atoms with Gasteiger partial charge >= 0.3 is 0 Å². The van der Waals surface area contributed by atoms with Crippen molar-refractivity contribution in [3.8, 4) is 0 Å². The van der Waals surface area contributed by atoms with Crippen LogP contribution in [0.1, 0.15) is 29.3 Å². The van der Waals surface area contributed by atoms with E-state index in [0.29, 0.717) is 37.8 Å². The number of hydrogen-bond acceptors (Lipinski definition) is 5. The summed E-state index contributed by atoms with van der Waals surface area (Å²) in [5.74, 6) is 1.38. The topological polar surface area (TPSA) is 78.4 Å². The SMILES string of the molecule is CCNC(=NCc1cccc(C(=O)NCCN(C)C)c1)N1CCC(COCCOC)C1.I. The lowest BCUT2D eigenvalue weighted by Crippen LogP contribution is -2.40. The molecule has 1 aliphatic rings. The van der Waals surface area contributed by atoms with E-state index in [1.807, 2.05) is 43.3 Å². The van der Waals surface area contributed by atoms with E-state index in [0.717, 1.165) is 50.7 Å². The summed E-state index contributed by atoms with van der Waals surface area (Å²) in [6, 6.07) is 7.70. The van der Waals surface area contributed by atoms with Crippen LogP contribution in [-0.2, 0) is 16.0 Å². The molecule has 32 heavy (non-hydrogen) atoms. The van der Waals surface area contributed by atoms with Crippen LogP contribution in [0, 0.1) is 5.92 Å². The summed E-state index contributed by atoms with van der Waals surface area (Å²) in [6.07, 6.45) is 1.10. The number of aliphatic imine (C=N–C) groups is 1. The Hall–Kier alpha value is -1.43. The second-order valence-electron chi connectivity index (χ2n) is 8.10. The number of nitrogens with zero attached hydrogens (tertiary/aromatic N) is 3. The molecule has 1 atom stereocenters. The minimum atomic E-state index is -0.0459. The number of amides is 1. The van der Waals surface area contributed by atoms with Gasteiger partial charge in [0.1, 0.15) is 0 Å². The van der Waals surface area contributed by atoms with Crippen LogP contribution in [0.25, 0.3) is 0 Å². The van der Waals surface area contributed by atoms with Gasteiger partial charge in [0.25, 0.3) is 5.91 Å². The van der Waals surface area contributed by atoms with Gasteiger partial charge in [-0.05, 0) is 45.1 Å².